The van der Waals surface area contributed by atoms with Gasteiger partial charge in [0.25, 0.3) is 0 Å². The van der Waals surface area contributed by atoms with Gasteiger partial charge in [0.2, 0.25) is 0 Å². The van der Waals surface area contributed by atoms with Gasteiger partial charge in [-0.05, 0) is 34.6 Å². The lowest BCUT2D eigenvalue weighted by Gasteiger charge is -2.44. The highest BCUT2D eigenvalue weighted by Gasteiger charge is 2.36. The van der Waals surface area contributed by atoms with Crippen LogP contribution in [-0.2, 0) is 0 Å². The molecule has 0 saturated carbocycles. The molecule has 0 bridgehead atoms. The lowest BCUT2D eigenvalue weighted by molar-refractivity contribution is 0.153. The monoisotopic (exact) mass is 507 g/mol. The van der Waals surface area contributed by atoms with Gasteiger partial charge in [-0.15, -0.1) is 0 Å². The number of halogens is 3. The van der Waals surface area contributed by atoms with Crippen molar-refractivity contribution in [2.75, 3.05) is 0 Å². The second-order valence-electron chi connectivity index (χ2n) is 3.76. The van der Waals surface area contributed by atoms with Crippen molar-refractivity contribution in [3.05, 3.63) is 0 Å². The summed E-state index contributed by atoms with van der Waals surface area (Å²) in [7, 11) is 0. The van der Waals surface area contributed by atoms with E-state index in [0.29, 0.717) is 4.05 Å². The normalized spacial score (nSPS) is 16.8. The predicted molar refractivity (Wildman–Crippen MR) is 81.5 cm³/mol. The third-order valence-corrected chi connectivity index (χ3v) is 3.10. The molecular weight excluding hydrogens is 491 g/mol. The Balaban J connectivity index is 4.70. The van der Waals surface area contributed by atoms with Crippen LogP contribution in [-0.4, -0.2) is 16.0 Å². The maximum absolute atomic E-state index is 2.50. The number of hydrogen-bond donors (Lipinski definition) is 0. The molecular formula is C8H16I3N. The van der Waals surface area contributed by atoms with Crippen LogP contribution in [0.15, 0.2) is 0 Å². The van der Waals surface area contributed by atoms with E-state index in [-0.39, 0.29) is 7.09 Å². The van der Waals surface area contributed by atoms with Crippen LogP contribution in [0.5, 0.6) is 0 Å². The molecule has 12 heavy (non-hydrogen) atoms. The third kappa shape index (κ3) is 4.59. The largest absolute Gasteiger partial charge is 0.264 e. The number of rotatable bonds is 3. The zero-order chi connectivity index (χ0) is 10.2. The van der Waals surface area contributed by atoms with E-state index in [2.05, 4.69) is 107 Å². The molecule has 0 aliphatic heterocycles. The van der Waals surface area contributed by atoms with E-state index in [0.717, 1.165) is 0 Å². The van der Waals surface area contributed by atoms with Gasteiger partial charge >= 0.3 is 0 Å². The molecule has 0 aliphatic carbocycles. The van der Waals surface area contributed by atoms with Crippen LogP contribution in [0.4, 0.5) is 0 Å². The first-order chi connectivity index (χ1) is 5.07. The van der Waals surface area contributed by atoms with Gasteiger partial charge < -0.3 is 0 Å². The molecule has 0 aromatic heterocycles. The van der Waals surface area contributed by atoms with Crippen LogP contribution in [0.2, 0.25) is 0 Å². The van der Waals surface area contributed by atoms with E-state index in [1.54, 1.807) is 0 Å². The van der Waals surface area contributed by atoms with E-state index in [1.807, 2.05) is 0 Å². The van der Waals surface area contributed by atoms with Gasteiger partial charge in [0.05, 0.1) is 11.1 Å². The average Bonchev–Trinajstić information content (AvgIpc) is 1.49. The molecule has 0 fully saturated rings. The predicted octanol–water partition coefficient (Wildman–Crippen LogP) is 4.41. The van der Waals surface area contributed by atoms with Crippen LogP contribution in [0, 0.1) is 0 Å². The second-order valence-corrected chi connectivity index (χ2v) is 10.8. The van der Waals surface area contributed by atoms with Crippen LogP contribution >= 0.6 is 67.8 Å². The summed E-state index contributed by atoms with van der Waals surface area (Å²) in [6.07, 6.45) is 0. The topological polar surface area (TPSA) is 3.24 Å². The fourth-order valence-electron chi connectivity index (χ4n) is 1.48. The van der Waals surface area contributed by atoms with E-state index >= 15 is 0 Å². The molecule has 0 aromatic rings. The SMILES string of the molecule is CC(I)N(C(C)(C)I)C(C)(C)I. The molecule has 0 radical (unpaired) electrons. The van der Waals surface area contributed by atoms with Gasteiger partial charge in [-0.1, -0.05) is 67.8 Å². The summed E-state index contributed by atoms with van der Waals surface area (Å²) in [5.74, 6) is 0. The molecule has 4 heteroatoms. The summed E-state index contributed by atoms with van der Waals surface area (Å²) in [5, 5.41) is 0. The molecule has 0 saturated heterocycles. The zero-order valence-corrected chi connectivity index (χ0v) is 14.6. The van der Waals surface area contributed by atoms with Crippen LogP contribution in [0.25, 0.3) is 0 Å². The van der Waals surface area contributed by atoms with E-state index in [1.165, 1.54) is 0 Å². The molecule has 1 unspecified atom stereocenters. The van der Waals surface area contributed by atoms with Gasteiger partial charge in [0, 0.05) is 0 Å². The minimum absolute atomic E-state index is 0.211. The molecule has 74 valence electrons. The number of alkyl halides is 3. The van der Waals surface area contributed by atoms with E-state index in [4.69, 9.17) is 0 Å². The van der Waals surface area contributed by atoms with Crippen LogP contribution in [0.3, 0.4) is 0 Å². The summed E-state index contributed by atoms with van der Waals surface area (Å²) in [6, 6.07) is 0. The number of hydrogen-bond acceptors (Lipinski definition) is 1. The van der Waals surface area contributed by atoms with Crippen molar-refractivity contribution >= 4 is 67.8 Å². The molecule has 0 aromatic carbocycles. The van der Waals surface area contributed by atoms with Gasteiger partial charge in [-0.2, -0.15) is 0 Å². The standard InChI is InChI=1S/C8H16I3N/c1-6(9)12(7(2,3)10)8(4,5)11/h6H,1-5H3. The van der Waals surface area contributed by atoms with Crippen molar-refractivity contribution in [2.24, 2.45) is 0 Å². The van der Waals surface area contributed by atoms with Crippen molar-refractivity contribution in [1.29, 1.82) is 0 Å². The Bertz CT molecular complexity index is 129. The average molecular weight is 507 g/mol. The van der Waals surface area contributed by atoms with Crippen molar-refractivity contribution in [3.8, 4) is 0 Å². The van der Waals surface area contributed by atoms with Gasteiger partial charge in [0.15, 0.2) is 0 Å². The summed E-state index contributed by atoms with van der Waals surface area (Å²) in [5.41, 5.74) is 0. The van der Waals surface area contributed by atoms with Crippen molar-refractivity contribution in [3.63, 3.8) is 0 Å². The van der Waals surface area contributed by atoms with E-state index in [9.17, 15) is 0 Å². The minimum atomic E-state index is 0.211. The first-order valence-electron chi connectivity index (χ1n) is 3.88. The first kappa shape index (κ1) is 14.2. The van der Waals surface area contributed by atoms with Crippen molar-refractivity contribution in [1.82, 2.24) is 4.90 Å². The third-order valence-electron chi connectivity index (χ3n) is 1.50. The first-order valence-corrected chi connectivity index (χ1v) is 7.28. The lowest BCUT2D eigenvalue weighted by atomic mass is 10.2. The maximum atomic E-state index is 2.50. The Hall–Kier alpha value is 2.15. The van der Waals surface area contributed by atoms with Crippen molar-refractivity contribution < 1.29 is 0 Å². The van der Waals surface area contributed by atoms with Gasteiger partial charge in [-0.25, -0.2) is 0 Å². The lowest BCUT2D eigenvalue weighted by Crippen LogP contribution is -2.51. The maximum Gasteiger partial charge on any atom is 0.0693 e. The Morgan fingerprint density at radius 2 is 1.25 bits per heavy atom. The molecule has 0 aliphatic rings. The van der Waals surface area contributed by atoms with E-state index < -0.39 is 0 Å². The molecule has 1 atom stereocenters. The summed E-state index contributed by atoms with van der Waals surface area (Å²) in [6.45, 7) is 11.2. The summed E-state index contributed by atoms with van der Waals surface area (Å²) in [4.78, 5) is 2.50. The number of nitrogens with zero attached hydrogens (tertiary/aromatic N) is 1. The fourth-order valence-corrected chi connectivity index (χ4v) is 6.44. The molecule has 0 N–H and O–H groups in total. The summed E-state index contributed by atoms with van der Waals surface area (Å²) >= 11 is 7.46. The van der Waals surface area contributed by atoms with Gasteiger partial charge in [-0.3, -0.25) is 4.90 Å². The summed E-state index contributed by atoms with van der Waals surface area (Å²) < 4.78 is 0.980. The Labute approximate surface area is 117 Å². The smallest absolute Gasteiger partial charge is 0.0693 e. The highest BCUT2D eigenvalue weighted by molar-refractivity contribution is 14.1. The molecule has 0 heterocycles. The Morgan fingerprint density at radius 3 is 1.25 bits per heavy atom. The fraction of sp³-hybridized carbons (Fsp3) is 1.00. The Morgan fingerprint density at radius 1 is 1.00 bits per heavy atom. The molecule has 0 amide bonds. The Kier molecular flexibility index (Phi) is 5.64. The van der Waals surface area contributed by atoms with Crippen LogP contribution in [0.1, 0.15) is 34.6 Å². The zero-order valence-electron chi connectivity index (χ0n) is 8.16. The molecule has 0 rings (SSSR count). The minimum Gasteiger partial charge on any atom is -0.264 e. The molecule has 1 nitrogen and oxygen atoms in total. The van der Waals surface area contributed by atoms with Gasteiger partial charge in [0.1, 0.15) is 0 Å². The van der Waals surface area contributed by atoms with Crippen molar-refractivity contribution in [2.45, 2.75) is 45.8 Å². The highest BCUT2D eigenvalue weighted by atomic mass is 127. The highest BCUT2D eigenvalue weighted by Crippen LogP contribution is 2.38. The van der Waals surface area contributed by atoms with Crippen LogP contribution < -0.4 is 0 Å². The second kappa shape index (κ2) is 4.78. The molecule has 0 spiro atoms. The quantitative estimate of drug-likeness (QED) is 0.311.